The van der Waals surface area contributed by atoms with Gasteiger partial charge in [-0.25, -0.2) is 0 Å². The molecule has 3 N–H and O–H groups in total. The van der Waals surface area contributed by atoms with E-state index >= 15 is 0 Å². The summed E-state index contributed by atoms with van der Waals surface area (Å²) in [7, 11) is 0. The number of nitrogens with two attached hydrogens (primary N) is 1. The van der Waals surface area contributed by atoms with Gasteiger partial charge in [-0.3, -0.25) is 4.79 Å². The molecule has 0 aliphatic carbocycles. The number of furan rings is 1. The van der Waals surface area contributed by atoms with Gasteiger partial charge in [0.05, 0.1) is 11.8 Å². The van der Waals surface area contributed by atoms with Gasteiger partial charge in [0, 0.05) is 12.2 Å². The van der Waals surface area contributed by atoms with Crippen LogP contribution in [-0.4, -0.2) is 5.91 Å². The lowest BCUT2D eigenvalue weighted by Crippen LogP contribution is -2.14. The molecular weight excluding hydrogens is 284 g/mol. The molecule has 0 fully saturated rings. The lowest BCUT2D eigenvalue weighted by atomic mass is 10.1. The highest BCUT2D eigenvalue weighted by molar-refractivity contribution is 9.10. The molecule has 0 aliphatic rings. The first kappa shape index (κ1) is 11.9. The molecule has 0 saturated carbocycles. The van der Waals surface area contributed by atoms with E-state index in [0.717, 1.165) is 5.56 Å². The molecule has 0 aliphatic heterocycles. The number of para-hydroxylation sites is 1. The first-order valence-electron chi connectivity index (χ1n) is 5.04. The summed E-state index contributed by atoms with van der Waals surface area (Å²) in [6, 6.07) is 9.02. The number of carbonyl (C=O) groups is 1. The number of hydrogen-bond acceptors (Lipinski definition) is 3. The summed E-state index contributed by atoms with van der Waals surface area (Å²) >= 11 is 3.16. The maximum Gasteiger partial charge on any atom is 0.260 e. The number of halogens is 1. The Hall–Kier alpha value is -1.59. The standard InChI is InChI=1S/C12H11BrN2O2/c13-11-9(5-6-17-11)12(16)15-10-4-2-1-3-8(10)7-14/h1-6H,7,14H2,(H,15,16). The minimum atomic E-state index is -0.230. The molecule has 0 unspecified atom stereocenters. The van der Waals surface area contributed by atoms with E-state index in [0.29, 0.717) is 22.5 Å². The number of anilines is 1. The fourth-order valence-electron chi connectivity index (χ4n) is 1.47. The fourth-order valence-corrected chi connectivity index (χ4v) is 1.89. The van der Waals surface area contributed by atoms with Crippen LogP contribution in [0.5, 0.6) is 0 Å². The summed E-state index contributed by atoms with van der Waals surface area (Å²) in [6.07, 6.45) is 1.45. The van der Waals surface area contributed by atoms with Crippen LogP contribution in [0, 0.1) is 0 Å². The number of benzene rings is 1. The maximum atomic E-state index is 11.9. The second kappa shape index (κ2) is 5.16. The van der Waals surface area contributed by atoms with Crippen LogP contribution >= 0.6 is 15.9 Å². The van der Waals surface area contributed by atoms with E-state index in [4.69, 9.17) is 10.2 Å². The monoisotopic (exact) mass is 294 g/mol. The van der Waals surface area contributed by atoms with Crippen molar-refractivity contribution < 1.29 is 9.21 Å². The average Bonchev–Trinajstić information content (AvgIpc) is 2.76. The predicted octanol–water partition coefficient (Wildman–Crippen LogP) is 2.75. The Morgan fingerprint density at radius 1 is 1.35 bits per heavy atom. The normalized spacial score (nSPS) is 10.2. The minimum absolute atomic E-state index is 0.230. The van der Waals surface area contributed by atoms with Crippen molar-refractivity contribution >= 4 is 27.5 Å². The molecule has 88 valence electrons. The lowest BCUT2D eigenvalue weighted by Gasteiger charge is -2.08. The van der Waals surface area contributed by atoms with E-state index in [1.54, 1.807) is 6.07 Å². The fraction of sp³-hybridized carbons (Fsp3) is 0.0833. The number of amides is 1. The molecular formula is C12H11BrN2O2. The first-order chi connectivity index (χ1) is 8.22. The third-order valence-electron chi connectivity index (χ3n) is 2.35. The second-order valence-electron chi connectivity index (χ2n) is 3.42. The summed E-state index contributed by atoms with van der Waals surface area (Å²) in [5.74, 6) is -0.230. The van der Waals surface area contributed by atoms with E-state index < -0.39 is 0 Å². The van der Waals surface area contributed by atoms with Gasteiger partial charge >= 0.3 is 0 Å². The Kier molecular flexibility index (Phi) is 3.61. The van der Waals surface area contributed by atoms with Crippen LogP contribution < -0.4 is 11.1 Å². The Bertz CT molecular complexity index is 537. The SMILES string of the molecule is NCc1ccccc1NC(=O)c1ccoc1Br. The van der Waals surface area contributed by atoms with Crippen LogP contribution in [0.4, 0.5) is 5.69 Å². The van der Waals surface area contributed by atoms with Crippen LogP contribution in [0.15, 0.2) is 45.7 Å². The predicted molar refractivity (Wildman–Crippen MR) is 68.7 cm³/mol. The Balaban J connectivity index is 2.22. The van der Waals surface area contributed by atoms with Gasteiger partial charge in [-0.2, -0.15) is 0 Å². The van der Waals surface area contributed by atoms with Crippen LogP contribution in [0.1, 0.15) is 15.9 Å². The summed E-state index contributed by atoms with van der Waals surface area (Å²) in [5, 5.41) is 2.80. The number of rotatable bonds is 3. The zero-order chi connectivity index (χ0) is 12.3. The summed E-state index contributed by atoms with van der Waals surface area (Å²) < 4.78 is 5.43. The summed E-state index contributed by atoms with van der Waals surface area (Å²) in [4.78, 5) is 11.9. The Morgan fingerprint density at radius 2 is 2.12 bits per heavy atom. The molecule has 0 saturated heterocycles. The highest BCUT2D eigenvalue weighted by atomic mass is 79.9. The molecule has 5 heteroatoms. The van der Waals surface area contributed by atoms with E-state index in [9.17, 15) is 4.79 Å². The van der Waals surface area contributed by atoms with E-state index in [1.807, 2.05) is 24.3 Å². The highest BCUT2D eigenvalue weighted by Gasteiger charge is 2.13. The molecule has 2 aromatic rings. The smallest absolute Gasteiger partial charge is 0.260 e. The van der Waals surface area contributed by atoms with E-state index in [2.05, 4.69) is 21.2 Å². The third kappa shape index (κ3) is 2.57. The molecule has 17 heavy (non-hydrogen) atoms. The molecule has 0 bridgehead atoms. The molecule has 4 nitrogen and oxygen atoms in total. The molecule has 2 rings (SSSR count). The quantitative estimate of drug-likeness (QED) is 0.914. The zero-order valence-corrected chi connectivity index (χ0v) is 10.5. The molecule has 1 aromatic heterocycles. The molecule has 0 atom stereocenters. The summed E-state index contributed by atoms with van der Waals surface area (Å²) in [5.41, 5.74) is 7.66. The number of carbonyl (C=O) groups excluding carboxylic acids is 1. The van der Waals surface area contributed by atoms with Crippen LogP contribution in [0.25, 0.3) is 0 Å². The molecule has 0 radical (unpaired) electrons. The second-order valence-corrected chi connectivity index (χ2v) is 4.14. The molecule has 1 aromatic carbocycles. The van der Waals surface area contributed by atoms with E-state index in [-0.39, 0.29) is 5.91 Å². The van der Waals surface area contributed by atoms with Crippen LogP contribution in [-0.2, 0) is 6.54 Å². The van der Waals surface area contributed by atoms with Gasteiger partial charge in [-0.05, 0) is 33.6 Å². The van der Waals surface area contributed by atoms with Gasteiger partial charge in [0.2, 0.25) is 0 Å². The van der Waals surface area contributed by atoms with Crippen molar-refractivity contribution in [2.24, 2.45) is 5.73 Å². The van der Waals surface area contributed by atoms with Gasteiger partial charge in [0.25, 0.3) is 5.91 Å². The van der Waals surface area contributed by atoms with Crippen molar-refractivity contribution in [1.82, 2.24) is 0 Å². The van der Waals surface area contributed by atoms with E-state index in [1.165, 1.54) is 6.26 Å². The summed E-state index contributed by atoms with van der Waals surface area (Å²) in [6.45, 7) is 0.378. The lowest BCUT2D eigenvalue weighted by molar-refractivity contribution is 0.102. The van der Waals surface area contributed by atoms with Crippen molar-refractivity contribution in [2.45, 2.75) is 6.54 Å². The van der Waals surface area contributed by atoms with Crippen molar-refractivity contribution in [2.75, 3.05) is 5.32 Å². The van der Waals surface area contributed by atoms with Gasteiger partial charge in [0.15, 0.2) is 4.67 Å². The van der Waals surface area contributed by atoms with Crippen LogP contribution in [0.2, 0.25) is 0 Å². The molecule has 0 spiro atoms. The van der Waals surface area contributed by atoms with Crippen molar-refractivity contribution in [3.63, 3.8) is 0 Å². The Morgan fingerprint density at radius 3 is 2.76 bits per heavy atom. The van der Waals surface area contributed by atoms with Gasteiger partial charge in [0.1, 0.15) is 0 Å². The average molecular weight is 295 g/mol. The topological polar surface area (TPSA) is 68.3 Å². The zero-order valence-electron chi connectivity index (χ0n) is 8.94. The van der Waals surface area contributed by atoms with Gasteiger partial charge < -0.3 is 15.5 Å². The highest BCUT2D eigenvalue weighted by Crippen LogP contribution is 2.20. The largest absolute Gasteiger partial charge is 0.457 e. The van der Waals surface area contributed by atoms with Crippen molar-refractivity contribution in [3.05, 3.63) is 52.4 Å². The minimum Gasteiger partial charge on any atom is -0.457 e. The van der Waals surface area contributed by atoms with Gasteiger partial charge in [-0.1, -0.05) is 18.2 Å². The van der Waals surface area contributed by atoms with Crippen LogP contribution in [0.3, 0.4) is 0 Å². The number of nitrogens with one attached hydrogen (secondary N) is 1. The first-order valence-corrected chi connectivity index (χ1v) is 5.84. The third-order valence-corrected chi connectivity index (χ3v) is 2.96. The Labute approximate surface area is 107 Å². The number of hydrogen-bond donors (Lipinski definition) is 2. The van der Waals surface area contributed by atoms with Crippen molar-refractivity contribution in [1.29, 1.82) is 0 Å². The maximum absolute atomic E-state index is 11.9. The molecule has 1 amide bonds. The van der Waals surface area contributed by atoms with Gasteiger partial charge in [-0.15, -0.1) is 0 Å². The molecule has 1 heterocycles. The van der Waals surface area contributed by atoms with Crippen molar-refractivity contribution in [3.8, 4) is 0 Å².